The third kappa shape index (κ3) is 4.61. The maximum absolute atomic E-state index is 12.2. The van der Waals surface area contributed by atoms with Crippen molar-refractivity contribution < 1.29 is 14.3 Å². The standard InChI is InChI=1S/C15H21N3O3.ClH/c1-21-12-4-2-11(3-5-12)10-18-9-7-13(15(18)20)17-14(19)6-8-16;/h2-5,13H,6-10,16H2,1H3,(H,17,19);1H. The minimum atomic E-state index is -0.415. The lowest BCUT2D eigenvalue weighted by molar-refractivity contribution is -0.133. The Kier molecular flexibility index (Phi) is 7.14. The summed E-state index contributed by atoms with van der Waals surface area (Å²) < 4.78 is 5.11. The molecule has 0 saturated carbocycles. The van der Waals surface area contributed by atoms with Crippen LogP contribution in [0.4, 0.5) is 0 Å². The molecule has 0 aromatic heterocycles. The van der Waals surface area contributed by atoms with Crippen molar-refractivity contribution in [1.29, 1.82) is 0 Å². The smallest absolute Gasteiger partial charge is 0.245 e. The predicted molar refractivity (Wildman–Crippen MR) is 85.9 cm³/mol. The fraction of sp³-hybridized carbons (Fsp3) is 0.467. The summed E-state index contributed by atoms with van der Waals surface area (Å²) in [5.41, 5.74) is 6.36. The van der Waals surface area contributed by atoms with Gasteiger partial charge < -0.3 is 20.7 Å². The molecular formula is C15H22ClN3O3. The molecule has 0 radical (unpaired) electrons. The number of nitrogens with one attached hydrogen (secondary N) is 1. The number of benzene rings is 1. The molecule has 1 saturated heterocycles. The number of likely N-dealkylation sites (tertiary alicyclic amines) is 1. The van der Waals surface area contributed by atoms with Crippen LogP contribution in [0.5, 0.6) is 5.75 Å². The number of methoxy groups -OCH3 is 1. The zero-order valence-corrected chi connectivity index (χ0v) is 13.4. The molecule has 1 aromatic carbocycles. The summed E-state index contributed by atoms with van der Waals surface area (Å²) in [4.78, 5) is 25.5. The Morgan fingerprint density at radius 3 is 2.68 bits per heavy atom. The number of carbonyl (C=O) groups excluding carboxylic acids is 2. The van der Waals surface area contributed by atoms with Crippen molar-refractivity contribution in [2.24, 2.45) is 5.73 Å². The summed E-state index contributed by atoms with van der Waals surface area (Å²) >= 11 is 0. The monoisotopic (exact) mass is 327 g/mol. The molecule has 0 bridgehead atoms. The van der Waals surface area contributed by atoms with Crippen LogP contribution in [0.1, 0.15) is 18.4 Å². The lowest BCUT2D eigenvalue weighted by Crippen LogP contribution is -2.41. The highest BCUT2D eigenvalue weighted by molar-refractivity contribution is 5.89. The van der Waals surface area contributed by atoms with E-state index in [9.17, 15) is 9.59 Å². The lowest BCUT2D eigenvalue weighted by atomic mass is 10.2. The van der Waals surface area contributed by atoms with Crippen molar-refractivity contribution in [2.45, 2.75) is 25.4 Å². The fourth-order valence-corrected chi connectivity index (χ4v) is 2.38. The number of nitrogens with zero attached hydrogens (tertiary/aromatic N) is 1. The minimum absolute atomic E-state index is 0. The number of rotatable bonds is 6. The van der Waals surface area contributed by atoms with Crippen LogP contribution in [0.15, 0.2) is 24.3 Å². The van der Waals surface area contributed by atoms with Gasteiger partial charge in [0.05, 0.1) is 7.11 Å². The van der Waals surface area contributed by atoms with E-state index >= 15 is 0 Å². The van der Waals surface area contributed by atoms with Gasteiger partial charge in [0.25, 0.3) is 0 Å². The summed E-state index contributed by atoms with van der Waals surface area (Å²) in [6.45, 7) is 1.49. The Hall–Kier alpha value is -1.79. The normalized spacial score (nSPS) is 17.1. The van der Waals surface area contributed by atoms with Crippen molar-refractivity contribution in [3.8, 4) is 5.75 Å². The van der Waals surface area contributed by atoms with Crippen molar-refractivity contribution in [3.63, 3.8) is 0 Å². The van der Waals surface area contributed by atoms with Gasteiger partial charge >= 0.3 is 0 Å². The average Bonchev–Trinajstić information content (AvgIpc) is 2.81. The molecule has 3 N–H and O–H groups in total. The maximum atomic E-state index is 12.2. The van der Waals surface area contributed by atoms with E-state index in [2.05, 4.69) is 5.32 Å². The summed E-state index contributed by atoms with van der Waals surface area (Å²) in [7, 11) is 1.62. The minimum Gasteiger partial charge on any atom is -0.497 e. The van der Waals surface area contributed by atoms with Crippen LogP contribution < -0.4 is 15.8 Å². The Morgan fingerprint density at radius 1 is 1.41 bits per heavy atom. The van der Waals surface area contributed by atoms with Crippen molar-refractivity contribution in [2.75, 3.05) is 20.2 Å². The zero-order chi connectivity index (χ0) is 15.2. The molecule has 122 valence electrons. The molecule has 1 aliphatic heterocycles. The van der Waals surface area contributed by atoms with Crippen LogP contribution in [-0.2, 0) is 16.1 Å². The average molecular weight is 328 g/mol. The highest BCUT2D eigenvalue weighted by Crippen LogP contribution is 2.17. The van der Waals surface area contributed by atoms with Crippen LogP contribution in [-0.4, -0.2) is 43.0 Å². The van der Waals surface area contributed by atoms with Gasteiger partial charge in [-0.05, 0) is 24.1 Å². The summed E-state index contributed by atoms with van der Waals surface area (Å²) in [6.07, 6.45) is 0.896. The third-order valence-corrected chi connectivity index (χ3v) is 3.54. The largest absolute Gasteiger partial charge is 0.497 e. The first-order chi connectivity index (χ1) is 10.1. The molecule has 1 atom stereocenters. The van der Waals surface area contributed by atoms with Crippen molar-refractivity contribution in [1.82, 2.24) is 10.2 Å². The van der Waals surface area contributed by atoms with Gasteiger partial charge in [-0.25, -0.2) is 0 Å². The summed E-state index contributed by atoms with van der Waals surface area (Å²) in [6, 6.07) is 7.20. The maximum Gasteiger partial charge on any atom is 0.245 e. The van der Waals surface area contributed by atoms with Gasteiger partial charge in [0.2, 0.25) is 11.8 Å². The SMILES string of the molecule is COc1ccc(CN2CCC(NC(=O)CCN)C2=O)cc1.Cl. The molecule has 1 unspecified atom stereocenters. The van der Waals surface area contributed by atoms with Gasteiger partial charge in [-0.3, -0.25) is 9.59 Å². The van der Waals surface area contributed by atoms with E-state index in [1.54, 1.807) is 12.0 Å². The van der Waals surface area contributed by atoms with E-state index in [1.165, 1.54) is 0 Å². The highest BCUT2D eigenvalue weighted by atomic mass is 35.5. The summed E-state index contributed by atoms with van der Waals surface area (Å²) in [5, 5.41) is 2.73. The van der Waals surface area contributed by atoms with Crippen LogP contribution in [0, 0.1) is 0 Å². The van der Waals surface area contributed by atoms with Crippen molar-refractivity contribution in [3.05, 3.63) is 29.8 Å². The second-order valence-corrected chi connectivity index (χ2v) is 5.06. The van der Waals surface area contributed by atoms with E-state index < -0.39 is 6.04 Å². The number of halogens is 1. The Balaban J connectivity index is 0.00000242. The molecule has 0 spiro atoms. The van der Waals surface area contributed by atoms with E-state index in [4.69, 9.17) is 10.5 Å². The first kappa shape index (κ1) is 18.3. The number of carbonyl (C=O) groups is 2. The van der Waals surface area contributed by atoms with E-state index in [0.29, 0.717) is 26.1 Å². The molecule has 0 aliphatic carbocycles. The van der Waals surface area contributed by atoms with Crippen LogP contribution >= 0.6 is 12.4 Å². The summed E-state index contributed by atoms with van der Waals surface area (Å²) in [5.74, 6) is 0.594. The van der Waals surface area contributed by atoms with Gasteiger partial charge in [0, 0.05) is 26.1 Å². The Morgan fingerprint density at radius 2 is 2.09 bits per heavy atom. The van der Waals surface area contributed by atoms with Crippen molar-refractivity contribution >= 4 is 24.2 Å². The molecule has 22 heavy (non-hydrogen) atoms. The van der Waals surface area contributed by atoms with E-state index in [0.717, 1.165) is 11.3 Å². The predicted octanol–water partition coefficient (Wildman–Crippen LogP) is 0.683. The second-order valence-electron chi connectivity index (χ2n) is 5.06. The quantitative estimate of drug-likeness (QED) is 0.805. The zero-order valence-electron chi connectivity index (χ0n) is 12.6. The molecule has 2 rings (SSSR count). The van der Waals surface area contributed by atoms with E-state index in [-0.39, 0.29) is 30.6 Å². The lowest BCUT2D eigenvalue weighted by Gasteiger charge is -2.17. The molecule has 1 heterocycles. The number of ether oxygens (including phenoxy) is 1. The topological polar surface area (TPSA) is 84.7 Å². The molecule has 1 aliphatic rings. The van der Waals surface area contributed by atoms with E-state index in [1.807, 2.05) is 24.3 Å². The molecule has 7 heteroatoms. The molecule has 2 amide bonds. The van der Waals surface area contributed by atoms with Gasteiger partial charge in [0.1, 0.15) is 11.8 Å². The highest BCUT2D eigenvalue weighted by Gasteiger charge is 2.32. The number of amides is 2. The number of hydrogen-bond donors (Lipinski definition) is 2. The fourth-order valence-electron chi connectivity index (χ4n) is 2.38. The number of hydrogen-bond acceptors (Lipinski definition) is 4. The van der Waals surface area contributed by atoms with Crippen LogP contribution in [0.3, 0.4) is 0 Å². The molecular weight excluding hydrogens is 306 g/mol. The third-order valence-electron chi connectivity index (χ3n) is 3.54. The second kappa shape index (κ2) is 8.60. The first-order valence-electron chi connectivity index (χ1n) is 7.05. The van der Waals surface area contributed by atoms with Crippen LogP contribution in [0.25, 0.3) is 0 Å². The first-order valence-corrected chi connectivity index (χ1v) is 7.05. The Labute approximate surface area is 136 Å². The molecule has 6 nitrogen and oxygen atoms in total. The Bertz CT molecular complexity index is 507. The van der Waals surface area contributed by atoms with Gasteiger partial charge in [-0.1, -0.05) is 12.1 Å². The molecule has 1 aromatic rings. The number of nitrogens with two attached hydrogens (primary N) is 1. The molecule has 1 fully saturated rings. The van der Waals surface area contributed by atoms with Gasteiger partial charge in [-0.15, -0.1) is 12.4 Å². The van der Waals surface area contributed by atoms with Crippen LogP contribution in [0.2, 0.25) is 0 Å². The van der Waals surface area contributed by atoms with Gasteiger partial charge in [0.15, 0.2) is 0 Å². The van der Waals surface area contributed by atoms with Gasteiger partial charge in [-0.2, -0.15) is 0 Å².